The van der Waals surface area contributed by atoms with Gasteiger partial charge in [0, 0.05) is 12.4 Å². The molecule has 0 aliphatic carbocycles. The molecule has 4 rings (SSSR count). The number of rotatable bonds is 5. The summed E-state index contributed by atoms with van der Waals surface area (Å²) < 4.78 is 11.3. The minimum atomic E-state index is -1.33. The summed E-state index contributed by atoms with van der Waals surface area (Å²) >= 11 is 0. The summed E-state index contributed by atoms with van der Waals surface area (Å²) in [5.74, 6) is 1.57. The summed E-state index contributed by atoms with van der Waals surface area (Å²) in [6.45, 7) is 1.96. The second kappa shape index (κ2) is 16.2. The summed E-state index contributed by atoms with van der Waals surface area (Å²) in [6, 6.07) is 31.8. The molecular formula is C25H27IrN2O2P+. The third-order valence-electron chi connectivity index (χ3n) is 3.53. The normalized spacial score (nSPS) is 9.84. The van der Waals surface area contributed by atoms with Crippen LogP contribution in [-0.4, -0.2) is 16.6 Å². The summed E-state index contributed by atoms with van der Waals surface area (Å²) in [6.07, 6.45) is 3.54. The van der Waals surface area contributed by atoms with E-state index >= 15 is 0 Å². The minimum absolute atomic E-state index is 0. The first-order valence-corrected chi connectivity index (χ1v) is 10.7. The summed E-state index contributed by atoms with van der Waals surface area (Å²) in [5.41, 5.74) is 1.83. The SMILES string of the molecule is C[PH+](Oc1[c-]cccc1)Oc1ccccc1.[CH3-].[CH3-].[Ir+3].c1ccc(-c2ccccn2)nc1. The summed E-state index contributed by atoms with van der Waals surface area (Å²) in [4.78, 5) is 8.37. The molecule has 0 aliphatic rings. The van der Waals surface area contributed by atoms with Gasteiger partial charge in [-0.05, 0) is 36.4 Å². The molecule has 0 aliphatic heterocycles. The zero-order valence-corrected chi connectivity index (χ0v) is 21.3. The maximum atomic E-state index is 5.68. The molecule has 2 heterocycles. The zero-order valence-electron chi connectivity index (χ0n) is 17.9. The van der Waals surface area contributed by atoms with Crippen molar-refractivity contribution >= 4 is 8.38 Å². The first-order valence-electron chi connectivity index (χ1n) is 8.85. The van der Waals surface area contributed by atoms with Gasteiger partial charge >= 0.3 is 28.5 Å². The third kappa shape index (κ3) is 10.3. The molecule has 0 saturated carbocycles. The smallest absolute Gasteiger partial charge is 0.358 e. The molecule has 4 nitrogen and oxygen atoms in total. The fraction of sp³-hybridized carbons (Fsp3) is 0.0400. The number of hydrogen-bond donors (Lipinski definition) is 0. The van der Waals surface area contributed by atoms with E-state index in [0.29, 0.717) is 0 Å². The number of hydrogen-bond acceptors (Lipinski definition) is 4. The largest absolute Gasteiger partial charge is 3.00 e. The number of pyridine rings is 2. The topological polar surface area (TPSA) is 44.2 Å². The van der Waals surface area contributed by atoms with E-state index in [1.54, 1.807) is 12.4 Å². The monoisotopic (exact) mass is 611 g/mol. The van der Waals surface area contributed by atoms with Gasteiger partial charge in [0.05, 0.1) is 17.1 Å². The van der Waals surface area contributed by atoms with Gasteiger partial charge in [-0.2, -0.15) is 18.2 Å². The van der Waals surface area contributed by atoms with Crippen LogP contribution in [0.5, 0.6) is 11.5 Å². The Labute approximate surface area is 201 Å². The Hall–Kier alpha value is -2.58. The van der Waals surface area contributed by atoms with Crippen molar-refractivity contribution in [3.05, 3.63) is 124 Å². The van der Waals surface area contributed by atoms with Crippen molar-refractivity contribution in [1.29, 1.82) is 0 Å². The second-order valence-electron chi connectivity index (χ2n) is 5.67. The van der Waals surface area contributed by atoms with Crippen molar-refractivity contribution in [2.75, 3.05) is 6.66 Å². The minimum Gasteiger partial charge on any atom is -0.358 e. The van der Waals surface area contributed by atoms with Crippen molar-refractivity contribution in [3.8, 4) is 22.9 Å². The van der Waals surface area contributed by atoms with Crippen molar-refractivity contribution in [1.82, 2.24) is 9.97 Å². The van der Waals surface area contributed by atoms with Crippen molar-refractivity contribution in [2.45, 2.75) is 0 Å². The van der Waals surface area contributed by atoms with E-state index in [2.05, 4.69) is 16.0 Å². The first kappa shape index (κ1) is 28.4. The third-order valence-corrected chi connectivity index (χ3v) is 4.56. The van der Waals surface area contributed by atoms with Crippen LogP contribution in [0.25, 0.3) is 11.4 Å². The van der Waals surface area contributed by atoms with Crippen LogP contribution in [-0.2, 0) is 20.1 Å². The Bertz CT molecular complexity index is 852. The van der Waals surface area contributed by atoms with Crippen molar-refractivity contribution in [3.63, 3.8) is 0 Å². The molecular weight excluding hydrogens is 583 g/mol. The van der Waals surface area contributed by atoms with Crippen LogP contribution in [0.1, 0.15) is 0 Å². The number of nitrogens with zero attached hydrogens (tertiary/aromatic N) is 2. The molecule has 2 aromatic carbocycles. The molecule has 0 bridgehead atoms. The van der Waals surface area contributed by atoms with E-state index in [-0.39, 0.29) is 35.0 Å². The van der Waals surface area contributed by atoms with Gasteiger partial charge in [-0.3, -0.25) is 9.97 Å². The molecule has 0 spiro atoms. The molecule has 4 aromatic rings. The number of benzene rings is 2. The van der Waals surface area contributed by atoms with E-state index < -0.39 is 8.38 Å². The van der Waals surface area contributed by atoms with Gasteiger partial charge in [0.15, 0.2) is 5.75 Å². The maximum absolute atomic E-state index is 5.68. The van der Waals surface area contributed by atoms with Gasteiger partial charge in [0.2, 0.25) is 0 Å². The zero-order chi connectivity index (χ0) is 19.4. The molecule has 0 saturated heterocycles. The van der Waals surface area contributed by atoms with Crippen LogP contribution in [0.4, 0.5) is 0 Å². The van der Waals surface area contributed by atoms with Crippen LogP contribution in [0.2, 0.25) is 0 Å². The molecule has 1 unspecified atom stereocenters. The van der Waals surface area contributed by atoms with Crippen LogP contribution < -0.4 is 9.05 Å². The average Bonchev–Trinajstić information content (AvgIpc) is 2.77. The summed E-state index contributed by atoms with van der Waals surface area (Å²) in [7, 11) is -1.33. The first-order chi connectivity index (χ1) is 13.8. The summed E-state index contributed by atoms with van der Waals surface area (Å²) in [5, 5.41) is 0. The quantitative estimate of drug-likeness (QED) is 0.187. The molecule has 1 atom stereocenters. The fourth-order valence-corrected chi connectivity index (χ4v) is 3.25. The Morgan fingerprint density at radius 2 is 1.23 bits per heavy atom. The van der Waals surface area contributed by atoms with Gasteiger partial charge in [-0.1, -0.05) is 30.3 Å². The number of aromatic nitrogens is 2. The predicted octanol–water partition coefficient (Wildman–Crippen LogP) is 6.66. The molecule has 0 N–H and O–H groups in total. The standard InChI is InChI=1S/C13H12O2P.C10H8N2.2CH3.Ir/c1-16(14-12-8-4-2-5-9-12)15-13-10-6-3-7-11-13;1-3-7-11-9(5-1)10-6-2-4-8-12-10;;;/h2-10H,1H3;1-8H;2*1H3;/q-1;;2*-1;+3/p+1. The van der Waals surface area contributed by atoms with Gasteiger partial charge in [0.25, 0.3) is 0 Å². The molecule has 162 valence electrons. The predicted molar refractivity (Wildman–Crippen MR) is 128 cm³/mol. The molecule has 0 radical (unpaired) electrons. The van der Waals surface area contributed by atoms with E-state index in [1.165, 1.54) is 0 Å². The van der Waals surface area contributed by atoms with Crippen molar-refractivity contribution < 1.29 is 29.2 Å². The Morgan fingerprint density at radius 1 is 0.677 bits per heavy atom. The second-order valence-corrected chi connectivity index (χ2v) is 7.06. The molecule has 2 aromatic heterocycles. The average molecular weight is 611 g/mol. The molecule has 6 heteroatoms. The van der Waals surface area contributed by atoms with Gasteiger partial charge in [-0.25, -0.2) is 0 Å². The van der Waals surface area contributed by atoms with E-state index in [9.17, 15) is 0 Å². The van der Waals surface area contributed by atoms with Gasteiger partial charge < -0.3 is 23.9 Å². The van der Waals surface area contributed by atoms with E-state index in [1.807, 2.05) is 97.7 Å². The van der Waals surface area contributed by atoms with Gasteiger partial charge in [0.1, 0.15) is 6.66 Å². The number of para-hydroxylation sites is 2. The van der Waals surface area contributed by atoms with Crippen LogP contribution >= 0.6 is 8.38 Å². The Morgan fingerprint density at radius 3 is 1.71 bits per heavy atom. The Kier molecular flexibility index (Phi) is 14.8. The van der Waals surface area contributed by atoms with Gasteiger partial charge in [-0.15, -0.1) is 12.1 Å². The van der Waals surface area contributed by atoms with Crippen LogP contribution in [0.3, 0.4) is 0 Å². The molecule has 31 heavy (non-hydrogen) atoms. The Balaban J connectivity index is 0.000000545. The maximum Gasteiger partial charge on any atom is 3.00 e. The van der Waals surface area contributed by atoms with E-state index in [0.717, 1.165) is 22.9 Å². The van der Waals surface area contributed by atoms with E-state index in [4.69, 9.17) is 9.05 Å². The van der Waals surface area contributed by atoms with Crippen molar-refractivity contribution in [2.24, 2.45) is 0 Å². The van der Waals surface area contributed by atoms with Crippen LogP contribution in [0, 0.1) is 20.9 Å². The molecule has 0 fully saturated rings. The fourth-order valence-electron chi connectivity index (χ4n) is 2.30. The van der Waals surface area contributed by atoms with Crippen LogP contribution in [0.15, 0.2) is 103 Å². The molecule has 0 amide bonds.